The number of anilines is 1. The first kappa shape index (κ1) is 23.7. The van der Waals surface area contributed by atoms with Crippen LogP contribution in [0.25, 0.3) is 6.08 Å². The molecule has 0 unspecified atom stereocenters. The molecule has 0 bridgehead atoms. The molecule has 6 heteroatoms. The molecule has 2 aromatic rings. The molecule has 31 heavy (non-hydrogen) atoms. The van der Waals surface area contributed by atoms with Gasteiger partial charge in [0.05, 0.1) is 13.7 Å². The van der Waals surface area contributed by atoms with Gasteiger partial charge in [0.2, 0.25) is 0 Å². The lowest BCUT2D eigenvalue weighted by Gasteiger charge is -2.11. The van der Waals surface area contributed by atoms with E-state index < -0.39 is 5.91 Å². The van der Waals surface area contributed by atoms with Crippen molar-refractivity contribution in [3.63, 3.8) is 0 Å². The number of amides is 1. The number of nitriles is 1. The fraction of sp³-hybridized carbons (Fsp3) is 0.320. The standard InChI is InChI=1S/C25H28N2O4/c1-4-5-6-7-14-31-23-13-8-19(16-24(23)30-3)15-21(17-26)25(29)27-22-11-9-20(10-12-22)18(2)28/h8-13,15-16H,4-7,14H2,1-3H3,(H,27,29)/b21-15+. The van der Waals surface area contributed by atoms with Crippen LogP contribution in [0.1, 0.15) is 55.5 Å². The van der Waals surface area contributed by atoms with Crippen LogP contribution in [0.2, 0.25) is 0 Å². The molecule has 2 aromatic carbocycles. The summed E-state index contributed by atoms with van der Waals surface area (Å²) in [7, 11) is 1.55. The van der Waals surface area contributed by atoms with E-state index in [1.807, 2.05) is 6.07 Å². The van der Waals surface area contributed by atoms with E-state index in [0.29, 0.717) is 34.9 Å². The summed E-state index contributed by atoms with van der Waals surface area (Å²) in [5.74, 6) is 0.581. The quantitative estimate of drug-likeness (QED) is 0.227. The maximum Gasteiger partial charge on any atom is 0.266 e. The van der Waals surface area contributed by atoms with E-state index in [4.69, 9.17) is 9.47 Å². The Morgan fingerprint density at radius 2 is 1.81 bits per heavy atom. The average molecular weight is 421 g/mol. The first-order chi connectivity index (χ1) is 15.0. The SMILES string of the molecule is CCCCCCOc1ccc(/C=C(\C#N)C(=O)Nc2ccc(C(C)=O)cc2)cc1OC. The topological polar surface area (TPSA) is 88.4 Å². The van der Waals surface area contributed by atoms with Crippen molar-refractivity contribution in [1.29, 1.82) is 5.26 Å². The highest BCUT2D eigenvalue weighted by molar-refractivity contribution is 6.09. The van der Waals surface area contributed by atoms with E-state index in [1.54, 1.807) is 49.6 Å². The Morgan fingerprint density at radius 3 is 2.42 bits per heavy atom. The molecule has 0 heterocycles. The largest absolute Gasteiger partial charge is 0.493 e. The minimum absolute atomic E-state index is 0.0501. The number of nitrogens with one attached hydrogen (secondary N) is 1. The molecule has 6 nitrogen and oxygen atoms in total. The summed E-state index contributed by atoms with van der Waals surface area (Å²) in [6, 6.07) is 13.7. The summed E-state index contributed by atoms with van der Waals surface area (Å²) in [5, 5.41) is 12.1. The van der Waals surface area contributed by atoms with E-state index in [2.05, 4.69) is 12.2 Å². The number of nitrogens with zero attached hydrogens (tertiary/aromatic N) is 1. The zero-order chi connectivity index (χ0) is 22.6. The van der Waals surface area contributed by atoms with Crippen LogP contribution in [-0.2, 0) is 4.79 Å². The Kier molecular flexibility index (Phi) is 9.31. The normalized spacial score (nSPS) is 10.8. The van der Waals surface area contributed by atoms with E-state index in [-0.39, 0.29) is 11.4 Å². The molecule has 162 valence electrons. The minimum atomic E-state index is -0.534. The van der Waals surface area contributed by atoms with Crippen molar-refractivity contribution in [1.82, 2.24) is 0 Å². The van der Waals surface area contributed by atoms with Gasteiger partial charge in [0.25, 0.3) is 5.91 Å². The summed E-state index contributed by atoms with van der Waals surface area (Å²) >= 11 is 0. The molecular formula is C25H28N2O4. The number of ether oxygens (including phenoxy) is 2. The fourth-order valence-electron chi connectivity index (χ4n) is 2.91. The molecule has 0 spiro atoms. The molecule has 1 amide bonds. The van der Waals surface area contributed by atoms with Gasteiger partial charge in [-0.05, 0) is 61.4 Å². The van der Waals surface area contributed by atoms with Crippen molar-refractivity contribution in [3.05, 3.63) is 59.2 Å². The number of Topliss-reactive ketones (excluding diaryl/α,β-unsaturated/α-hetero) is 1. The van der Waals surface area contributed by atoms with Gasteiger partial charge in [0.15, 0.2) is 17.3 Å². The second kappa shape index (κ2) is 12.2. The Bertz CT molecular complexity index is 972. The van der Waals surface area contributed by atoms with Gasteiger partial charge in [-0.3, -0.25) is 9.59 Å². The lowest BCUT2D eigenvalue weighted by molar-refractivity contribution is -0.112. The number of hydrogen-bond donors (Lipinski definition) is 1. The summed E-state index contributed by atoms with van der Waals surface area (Å²) in [4.78, 5) is 23.8. The molecule has 2 rings (SSSR count). The highest BCUT2D eigenvalue weighted by atomic mass is 16.5. The number of methoxy groups -OCH3 is 1. The van der Waals surface area contributed by atoms with Gasteiger partial charge < -0.3 is 14.8 Å². The minimum Gasteiger partial charge on any atom is -0.493 e. The highest BCUT2D eigenvalue weighted by Crippen LogP contribution is 2.29. The number of carbonyl (C=O) groups is 2. The molecule has 1 N–H and O–H groups in total. The monoisotopic (exact) mass is 420 g/mol. The van der Waals surface area contributed by atoms with E-state index in [9.17, 15) is 14.9 Å². The summed E-state index contributed by atoms with van der Waals surface area (Å²) in [6.45, 7) is 4.25. The van der Waals surface area contributed by atoms with Crippen LogP contribution in [0.4, 0.5) is 5.69 Å². The zero-order valence-electron chi connectivity index (χ0n) is 18.2. The van der Waals surface area contributed by atoms with Crippen LogP contribution >= 0.6 is 0 Å². The Labute approximate surface area is 183 Å². The molecule has 0 saturated carbocycles. The third kappa shape index (κ3) is 7.31. The van der Waals surface area contributed by atoms with Crippen molar-refractivity contribution in [2.24, 2.45) is 0 Å². The lowest BCUT2D eigenvalue weighted by atomic mass is 10.1. The molecule has 0 saturated heterocycles. The maximum absolute atomic E-state index is 12.5. The second-order valence-electron chi connectivity index (χ2n) is 7.08. The predicted octanol–water partition coefficient (Wildman–Crippen LogP) is 5.40. The van der Waals surface area contributed by atoms with E-state index >= 15 is 0 Å². The van der Waals surface area contributed by atoms with Crippen molar-refractivity contribution < 1.29 is 19.1 Å². The molecule has 0 fully saturated rings. The molecule has 0 atom stereocenters. The molecule has 0 radical (unpaired) electrons. The summed E-state index contributed by atoms with van der Waals surface area (Å²) < 4.78 is 11.2. The number of rotatable bonds is 11. The molecule has 0 aliphatic heterocycles. The Balaban J connectivity index is 2.09. The van der Waals surface area contributed by atoms with Crippen molar-refractivity contribution >= 4 is 23.5 Å². The smallest absolute Gasteiger partial charge is 0.266 e. The number of hydrogen-bond acceptors (Lipinski definition) is 5. The molecule has 0 aliphatic rings. The van der Waals surface area contributed by atoms with Crippen molar-refractivity contribution in [2.45, 2.75) is 39.5 Å². The molecule has 0 aromatic heterocycles. The van der Waals surface area contributed by atoms with Crippen molar-refractivity contribution in [2.75, 3.05) is 19.0 Å². The van der Waals surface area contributed by atoms with Crippen LogP contribution in [0.15, 0.2) is 48.0 Å². The highest BCUT2D eigenvalue weighted by Gasteiger charge is 2.12. The van der Waals surface area contributed by atoms with Crippen LogP contribution in [0.5, 0.6) is 11.5 Å². The van der Waals surface area contributed by atoms with Gasteiger partial charge >= 0.3 is 0 Å². The molecule has 0 aliphatic carbocycles. The van der Waals surface area contributed by atoms with Crippen LogP contribution in [-0.4, -0.2) is 25.4 Å². The average Bonchev–Trinajstić information content (AvgIpc) is 2.78. The van der Waals surface area contributed by atoms with E-state index in [0.717, 1.165) is 12.8 Å². The second-order valence-corrected chi connectivity index (χ2v) is 7.08. The third-order valence-corrected chi connectivity index (χ3v) is 4.67. The van der Waals surface area contributed by atoms with Gasteiger partial charge in [-0.1, -0.05) is 32.3 Å². The predicted molar refractivity (Wildman–Crippen MR) is 121 cm³/mol. The van der Waals surface area contributed by atoms with E-state index in [1.165, 1.54) is 25.8 Å². The van der Waals surface area contributed by atoms with Gasteiger partial charge in [0.1, 0.15) is 11.6 Å². The summed E-state index contributed by atoms with van der Waals surface area (Å²) in [6.07, 6.45) is 5.95. The third-order valence-electron chi connectivity index (χ3n) is 4.67. The fourth-order valence-corrected chi connectivity index (χ4v) is 2.91. The van der Waals surface area contributed by atoms with Gasteiger partial charge in [-0.2, -0.15) is 5.26 Å². The van der Waals surface area contributed by atoms with Crippen LogP contribution in [0, 0.1) is 11.3 Å². The lowest BCUT2D eigenvalue weighted by Crippen LogP contribution is -2.13. The van der Waals surface area contributed by atoms with Crippen LogP contribution < -0.4 is 14.8 Å². The number of carbonyl (C=O) groups excluding carboxylic acids is 2. The molecular weight excluding hydrogens is 392 g/mol. The summed E-state index contributed by atoms with van der Waals surface area (Å²) in [5.41, 5.74) is 1.65. The first-order valence-electron chi connectivity index (χ1n) is 10.3. The first-order valence-corrected chi connectivity index (χ1v) is 10.3. The number of unbranched alkanes of at least 4 members (excludes halogenated alkanes) is 3. The van der Waals surface area contributed by atoms with Gasteiger partial charge in [-0.25, -0.2) is 0 Å². The number of ketones is 1. The number of benzene rings is 2. The van der Waals surface area contributed by atoms with Crippen LogP contribution in [0.3, 0.4) is 0 Å². The Hall–Kier alpha value is -3.59. The Morgan fingerprint density at radius 1 is 1.06 bits per heavy atom. The van der Waals surface area contributed by atoms with Gasteiger partial charge in [-0.15, -0.1) is 0 Å². The zero-order valence-corrected chi connectivity index (χ0v) is 18.2. The maximum atomic E-state index is 12.5. The van der Waals surface area contributed by atoms with Crippen molar-refractivity contribution in [3.8, 4) is 17.6 Å². The van der Waals surface area contributed by atoms with Gasteiger partial charge in [0, 0.05) is 11.3 Å².